The van der Waals surface area contributed by atoms with E-state index in [0.29, 0.717) is 11.0 Å². The minimum absolute atomic E-state index is 0.136. The lowest BCUT2D eigenvalue weighted by Crippen LogP contribution is -2.26. The average molecular weight is 351 g/mol. The molecule has 3 aromatic rings. The first kappa shape index (κ1) is 15.8. The Morgan fingerprint density at radius 3 is 2.74 bits per heavy atom. The van der Waals surface area contributed by atoms with Gasteiger partial charge in [-0.3, -0.25) is 0 Å². The van der Waals surface area contributed by atoms with Gasteiger partial charge in [0.05, 0.1) is 22.0 Å². The first-order valence-corrected chi connectivity index (χ1v) is 8.87. The number of aryl methyl sites for hydroxylation is 1. The lowest BCUT2D eigenvalue weighted by atomic mass is 10.2. The molecule has 0 saturated heterocycles. The quantitative estimate of drug-likeness (QED) is 0.665. The van der Waals surface area contributed by atoms with Gasteiger partial charge in [0.25, 0.3) is 0 Å². The molecule has 0 N–H and O–H groups in total. The molecule has 0 aliphatic carbocycles. The van der Waals surface area contributed by atoms with Gasteiger partial charge in [-0.25, -0.2) is 13.2 Å². The lowest BCUT2D eigenvalue weighted by Gasteiger charge is -2.16. The number of nitrogens with zero attached hydrogens (tertiary/aromatic N) is 3. The van der Waals surface area contributed by atoms with E-state index in [1.165, 1.54) is 53.2 Å². The molecule has 0 aliphatic heterocycles. The van der Waals surface area contributed by atoms with Crippen molar-refractivity contribution >= 4 is 32.5 Å². The highest BCUT2D eigenvalue weighted by molar-refractivity contribution is 7.89. The van der Waals surface area contributed by atoms with Gasteiger partial charge in [-0.05, 0) is 42.7 Å². The van der Waals surface area contributed by atoms with Crippen LogP contribution in [-0.2, 0) is 16.6 Å². The van der Waals surface area contributed by atoms with Crippen LogP contribution in [0.5, 0.6) is 0 Å². The van der Waals surface area contributed by atoms with Gasteiger partial charge in [-0.2, -0.15) is 4.31 Å². The molecule has 3 rings (SSSR count). The molecule has 23 heavy (non-hydrogen) atoms. The predicted molar refractivity (Wildman–Crippen MR) is 85.8 cm³/mol. The van der Waals surface area contributed by atoms with E-state index in [0.717, 1.165) is 10.6 Å². The second kappa shape index (κ2) is 5.84. The van der Waals surface area contributed by atoms with Gasteiger partial charge in [0, 0.05) is 18.5 Å². The van der Waals surface area contributed by atoms with Crippen molar-refractivity contribution in [3.05, 3.63) is 51.3 Å². The Balaban J connectivity index is 1.97. The molecule has 2 aromatic heterocycles. The molecule has 120 valence electrons. The van der Waals surface area contributed by atoms with Crippen molar-refractivity contribution in [3.63, 3.8) is 0 Å². The topological polar surface area (TPSA) is 93.4 Å². The third-order valence-electron chi connectivity index (χ3n) is 3.41. The zero-order chi connectivity index (χ0) is 16.6. The molecule has 0 fully saturated rings. The summed E-state index contributed by atoms with van der Waals surface area (Å²) in [6.07, 6.45) is 0. The van der Waals surface area contributed by atoms with Crippen LogP contribution in [0, 0.1) is 6.92 Å². The maximum absolute atomic E-state index is 12.7. The second-order valence-electron chi connectivity index (χ2n) is 5.00. The highest BCUT2D eigenvalue weighted by Crippen LogP contribution is 2.22. The Labute approximate surface area is 136 Å². The molecule has 0 atom stereocenters. The second-order valence-corrected chi connectivity index (χ2v) is 7.88. The van der Waals surface area contributed by atoms with Crippen LogP contribution in [0.2, 0.25) is 0 Å². The van der Waals surface area contributed by atoms with Gasteiger partial charge in [-0.1, -0.05) is 4.49 Å². The van der Waals surface area contributed by atoms with Gasteiger partial charge in [0.2, 0.25) is 10.0 Å². The van der Waals surface area contributed by atoms with E-state index in [4.69, 9.17) is 4.42 Å². The number of hydrogen-bond acceptors (Lipinski definition) is 7. The van der Waals surface area contributed by atoms with Crippen molar-refractivity contribution in [2.24, 2.45) is 0 Å². The fourth-order valence-electron chi connectivity index (χ4n) is 2.07. The summed E-state index contributed by atoms with van der Waals surface area (Å²) in [4.78, 5) is 12.1. The zero-order valence-corrected chi connectivity index (χ0v) is 14.0. The molecule has 0 spiro atoms. The largest absolute Gasteiger partial charge is 0.423 e. The summed E-state index contributed by atoms with van der Waals surface area (Å²) in [5, 5.41) is 4.43. The Hall–Kier alpha value is -2.10. The van der Waals surface area contributed by atoms with Gasteiger partial charge >= 0.3 is 5.63 Å². The minimum atomic E-state index is -3.67. The number of sulfonamides is 1. The molecule has 1 aromatic carbocycles. The number of hydrogen-bond donors (Lipinski definition) is 0. The molecule has 0 amide bonds. The van der Waals surface area contributed by atoms with E-state index < -0.39 is 15.6 Å². The monoisotopic (exact) mass is 351 g/mol. The van der Waals surface area contributed by atoms with Crippen molar-refractivity contribution < 1.29 is 12.8 Å². The Morgan fingerprint density at radius 2 is 2.04 bits per heavy atom. The standard InChI is InChI=1S/C14H13N3O4S2/c1-9-13(22-16-15-9)8-17(2)23(19,20)11-4-5-12-10(7-11)3-6-14(18)21-12/h3-7H,8H2,1-2H3. The third kappa shape index (κ3) is 3.03. The van der Waals surface area contributed by atoms with E-state index >= 15 is 0 Å². The number of rotatable bonds is 4. The minimum Gasteiger partial charge on any atom is -0.423 e. The maximum Gasteiger partial charge on any atom is 0.336 e. The summed E-state index contributed by atoms with van der Waals surface area (Å²) in [5.74, 6) is 0. The molecule has 0 unspecified atom stereocenters. The molecule has 2 heterocycles. The van der Waals surface area contributed by atoms with Gasteiger partial charge < -0.3 is 4.42 Å². The van der Waals surface area contributed by atoms with Gasteiger partial charge in [-0.15, -0.1) is 5.10 Å². The van der Waals surface area contributed by atoms with Crippen LogP contribution >= 0.6 is 11.5 Å². The highest BCUT2D eigenvalue weighted by Gasteiger charge is 2.23. The van der Waals surface area contributed by atoms with Crippen molar-refractivity contribution in [1.29, 1.82) is 0 Å². The fraction of sp³-hybridized carbons (Fsp3) is 0.214. The molecule has 0 saturated carbocycles. The van der Waals surface area contributed by atoms with Crippen LogP contribution in [0.4, 0.5) is 0 Å². The summed E-state index contributed by atoms with van der Waals surface area (Å²) in [7, 11) is -2.16. The summed E-state index contributed by atoms with van der Waals surface area (Å²) in [6, 6.07) is 7.19. The SMILES string of the molecule is Cc1nnsc1CN(C)S(=O)(=O)c1ccc2oc(=O)ccc2c1. The van der Waals surface area contributed by atoms with Crippen molar-refractivity contribution in [2.75, 3.05) is 7.05 Å². The van der Waals surface area contributed by atoms with Crippen LogP contribution in [0.1, 0.15) is 10.6 Å². The normalized spacial score (nSPS) is 12.1. The van der Waals surface area contributed by atoms with E-state index in [-0.39, 0.29) is 11.4 Å². The Kier molecular flexibility index (Phi) is 4.00. The zero-order valence-electron chi connectivity index (χ0n) is 12.4. The van der Waals surface area contributed by atoms with Crippen LogP contribution in [-0.4, -0.2) is 29.4 Å². The van der Waals surface area contributed by atoms with E-state index in [1.807, 2.05) is 0 Å². The molecular formula is C14H13N3O4S2. The molecule has 0 aliphatic rings. The van der Waals surface area contributed by atoms with Crippen molar-refractivity contribution in [2.45, 2.75) is 18.4 Å². The number of benzene rings is 1. The Bertz CT molecular complexity index is 1020. The van der Waals surface area contributed by atoms with E-state index in [2.05, 4.69) is 9.59 Å². The number of aromatic nitrogens is 2. The van der Waals surface area contributed by atoms with Gasteiger partial charge in [0.15, 0.2) is 0 Å². The molecule has 7 nitrogen and oxygen atoms in total. The molecule has 9 heteroatoms. The first-order valence-electron chi connectivity index (χ1n) is 6.66. The summed E-state index contributed by atoms with van der Waals surface area (Å²) in [5.41, 5.74) is 0.595. The third-order valence-corrected chi connectivity index (χ3v) is 6.02. The lowest BCUT2D eigenvalue weighted by molar-refractivity contribution is 0.468. The summed E-state index contributed by atoms with van der Waals surface area (Å²) in [6.45, 7) is 1.99. The van der Waals surface area contributed by atoms with E-state index in [1.54, 1.807) is 6.92 Å². The summed E-state index contributed by atoms with van der Waals surface area (Å²) < 4.78 is 35.4. The first-order chi connectivity index (χ1) is 10.9. The molecule has 0 radical (unpaired) electrons. The predicted octanol–water partition coefficient (Wildman–Crippen LogP) is 1.77. The van der Waals surface area contributed by atoms with Crippen molar-refractivity contribution in [3.8, 4) is 0 Å². The molecule has 0 bridgehead atoms. The maximum atomic E-state index is 12.7. The average Bonchev–Trinajstić information content (AvgIpc) is 2.91. The van der Waals surface area contributed by atoms with Crippen LogP contribution < -0.4 is 5.63 Å². The van der Waals surface area contributed by atoms with E-state index in [9.17, 15) is 13.2 Å². The van der Waals surface area contributed by atoms with Crippen LogP contribution in [0.15, 0.2) is 44.4 Å². The fourth-order valence-corrected chi connectivity index (χ4v) is 4.02. The highest BCUT2D eigenvalue weighted by atomic mass is 32.2. The molecular weight excluding hydrogens is 338 g/mol. The number of fused-ring (bicyclic) bond motifs is 1. The van der Waals surface area contributed by atoms with Crippen molar-refractivity contribution in [1.82, 2.24) is 13.9 Å². The van der Waals surface area contributed by atoms with Crippen LogP contribution in [0.25, 0.3) is 11.0 Å². The van der Waals surface area contributed by atoms with Crippen LogP contribution in [0.3, 0.4) is 0 Å². The Morgan fingerprint density at radius 1 is 1.26 bits per heavy atom. The summed E-state index contributed by atoms with van der Waals surface area (Å²) >= 11 is 1.18. The smallest absolute Gasteiger partial charge is 0.336 e. The van der Waals surface area contributed by atoms with Gasteiger partial charge in [0.1, 0.15) is 5.58 Å².